The van der Waals surface area contributed by atoms with Gasteiger partial charge in [-0.2, -0.15) is 0 Å². The number of phenols is 2. The van der Waals surface area contributed by atoms with E-state index in [4.69, 9.17) is 4.74 Å². The molecule has 0 radical (unpaired) electrons. The normalized spacial score (nSPS) is 10.7. The Morgan fingerprint density at radius 1 is 0.947 bits per heavy atom. The summed E-state index contributed by atoms with van der Waals surface area (Å²) in [4.78, 5) is 0. The Hall–Kier alpha value is -2.16. The number of hydrogen-bond donors (Lipinski definition) is 2. The third-order valence-corrected chi connectivity index (χ3v) is 3.17. The highest BCUT2D eigenvalue weighted by molar-refractivity contribution is 5.72. The van der Waals surface area contributed by atoms with E-state index in [1.807, 2.05) is 18.2 Å². The maximum absolute atomic E-state index is 9.64. The van der Waals surface area contributed by atoms with Gasteiger partial charge in [0.25, 0.3) is 0 Å². The predicted molar refractivity (Wildman–Crippen MR) is 75.8 cm³/mol. The topological polar surface area (TPSA) is 49.7 Å². The van der Waals surface area contributed by atoms with Gasteiger partial charge in [0.05, 0.1) is 7.11 Å². The minimum Gasteiger partial charge on any atom is -0.504 e. The number of methoxy groups -OCH3 is 1. The van der Waals surface area contributed by atoms with Crippen molar-refractivity contribution in [2.45, 2.75) is 19.8 Å². The molecule has 0 aliphatic carbocycles. The molecular weight excluding hydrogens is 240 g/mol. The highest BCUT2D eigenvalue weighted by Gasteiger charge is 2.11. The van der Waals surface area contributed by atoms with Gasteiger partial charge < -0.3 is 14.9 Å². The standard InChI is InChI=1S/C16H18O3/c1-10(2)13-6-5-12(19-3)9-14(13)11-4-7-15(17)16(18)8-11/h4-10,17-18H,1-3H3. The molecule has 100 valence electrons. The quantitative estimate of drug-likeness (QED) is 0.821. The van der Waals surface area contributed by atoms with Gasteiger partial charge in [-0.15, -0.1) is 0 Å². The van der Waals surface area contributed by atoms with E-state index in [1.165, 1.54) is 11.6 Å². The molecule has 0 saturated carbocycles. The van der Waals surface area contributed by atoms with E-state index in [-0.39, 0.29) is 11.5 Å². The van der Waals surface area contributed by atoms with Crippen LogP contribution in [-0.4, -0.2) is 17.3 Å². The van der Waals surface area contributed by atoms with Crippen molar-refractivity contribution in [3.63, 3.8) is 0 Å². The Balaban J connectivity index is 2.60. The Kier molecular flexibility index (Phi) is 3.65. The summed E-state index contributed by atoms with van der Waals surface area (Å²) in [5.74, 6) is 0.900. The molecule has 0 saturated heterocycles. The molecule has 2 aromatic rings. The first-order chi connectivity index (χ1) is 9.02. The Morgan fingerprint density at radius 3 is 2.26 bits per heavy atom. The van der Waals surface area contributed by atoms with Gasteiger partial charge in [-0.3, -0.25) is 0 Å². The van der Waals surface area contributed by atoms with Crippen LogP contribution in [-0.2, 0) is 0 Å². The number of phenolic OH excluding ortho intramolecular Hbond substituents is 2. The average molecular weight is 258 g/mol. The van der Waals surface area contributed by atoms with E-state index in [1.54, 1.807) is 19.2 Å². The summed E-state index contributed by atoms with van der Waals surface area (Å²) in [6, 6.07) is 10.8. The zero-order chi connectivity index (χ0) is 14.0. The molecule has 0 aromatic heterocycles. The third-order valence-electron chi connectivity index (χ3n) is 3.17. The van der Waals surface area contributed by atoms with Crippen LogP contribution in [0.3, 0.4) is 0 Å². The molecule has 3 heteroatoms. The van der Waals surface area contributed by atoms with Crippen LogP contribution in [0.25, 0.3) is 11.1 Å². The zero-order valence-electron chi connectivity index (χ0n) is 11.3. The Bertz CT molecular complexity index is 589. The predicted octanol–water partition coefficient (Wildman–Crippen LogP) is 3.90. The largest absolute Gasteiger partial charge is 0.504 e. The van der Waals surface area contributed by atoms with Crippen LogP contribution < -0.4 is 4.74 Å². The molecule has 0 aliphatic heterocycles. The monoisotopic (exact) mass is 258 g/mol. The minimum atomic E-state index is -0.116. The Labute approximate surface area is 113 Å². The summed E-state index contributed by atoms with van der Waals surface area (Å²) in [7, 11) is 1.63. The smallest absolute Gasteiger partial charge is 0.158 e. The van der Waals surface area contributed by atoms with Crippen molar-refractivity contribution < 1.29 is 14.9 Å². The van der Waals surface area contributed by atoms with E-state index in [0.717, 1.165) is 16.9 Å². The van der Waals surface area contributed by atoms with Gasteiger partial charge in [0.2, 0.25) is 0 Å². The fraction of sp³-hybridized carbons (Fsp3) is 0.250. The second kappa shape index (κ2) is 5.22. The summed E-state index contributed by atoms with van der Waals surface area (Å²) in [6.07, 6.45) is 0. The Morgan fingerprint density at radius 2 is 1.68 bits per heavy atom. The molecule has 0 aliphatic rings. The number of ether oxygens (including phenoxy) is 1. The van der Waals surface area contributed by atoms with Crippen LogP contribution in [0, 0.1) is 0 Å². The van der Waals surface area contributed by atoms with Gasteiger partial charge in [-0.1, -0.05) is 26.0 Å². The molecule has 3 nitrogen and oxygen atoms in total. The maximum Gasteiger partial charge on any atom is 0.158 e. The van der Waals surface area contributed by atoms with Crippen molar-refractivity contribution in [3.05, 3.63) is 42.0 Å². The van der Waals surface area contributed by atoms with Crippen LogP contribution >= 0.6 is 0 Å². The SMILES string of the molecule is COc1ccc(C(C)C)c(-c2ccc(O)c(O)c2)c1. The summed E-state index contributed by atoms with van der Waals surface area (Å²) in [6.45, 7) is 4.23. The van der Waals surface area contributed by atoms with Gasteiger partial charge in [-0.25, -0.2) is 0 Å². The van der Waals surface area contributed by atoms with Gasteiger partial charge in [0.15, 0.2) is 11.5 Å². The van der Waals surface area contributed by atoms with Crippen LogP contribution in [0.15, 0.2) is 36.4 Å². The fourth-order valence-corrected chi connectivity index (χ4v) is 2.11. The number of rotatable bonds is 3. The average Bonchev–Trinajstić information content (AvgIpc) is 2.41. The lowest BCUT2D eigenvalue weighted by molar-refractivity contribution is 0.404. The number of benzene rings is 2. The summed E-state index contributed by atoms with van der Waals surface area (Å²) >= 11 is 0. The summed E-state index contributed by atoms with van der Waals surface area (Å²) in [5.41, 5.74) is 3.04. The van der Waals surface area contributed by atoms with Gasteiger partial charge in [-0.05, 0) is 46.9 Å². The first-order valence-corrected chi connectivity index (χ1v) is 6.23. The number of hydrogen-bond acceptors (Lipinski definition) is 3. The molecule has 19 heavy (non-hydrogen) atoms. The summed E-state index contributed by atoms with van der Waals surface area (Å²) in [5, 5.41) is 19.0. The van der Waals surface area contributed by atoms with Gasteiger partial charge in [0, 0.05) is 0 Å². The van der Waals surface area contributed by atoms with Gasteiger partial charge >= 0.3 is 0 Å². The molecule has 0 fully saturated rings. The van der Waals surface area contributed by atoms with Crippen LogP contribution in [0.4, 0.5) is 0 Å². The van der Waals surface area contributed by atoms with Crippen molar-refractivity contribution in [2.24, 2.45) is 0 Å². The zero-order valence-corrected chi connectivity index (χ0v) is 11.3. The molecule has 0 bridgehead atoms. The molecule has 0 amide bonds. The van der Waals surface area contributed by atoms with E-state index >= 15 is 0 Å². The molecule has 0 unspecified atom stereocenters. The van der Waals surface area contributed by atoms with Crippen molar-refractivity contribution >= 4 is 0 Å². The second-order valence-corrected chi connectivity index (χ2v) is 4.81. The first kappa shape index (κ1) is 13.3. The van der Waals surface area contributed by atoms with Crippen LogP contribution in [0.5, 0.6) is 17.2 Å². The molecule has 0 heterocycles. The molecule has 0 spiro atoms. The summed E-state index contributed by atoms with van der Waals surface area (Å²) < 4.78 is 5.25. The molecule has 2 rings (SSSR count). The van der Waals surface area contributed by atoms with Gasteiger partial charge in [0.1, 0.15) is 5.75 Å². The number of aromatic hydroxyl groups is 2. The molecule has 2 aromatic carbocycles. The molecule has 0 atom stereocenters. The maximum atomic E-state index is 9.64. The van der Waals surface area contributed by atoms with Crippen molar-refractivity contribution in [1.29, 1.82) is 0 Å². The van der Waals surface area contributed by atoms with E-state index in [2.05, 4.69) is 13.8 Å². The van der Waals surface area contributed by atoms with E-state index < -0.39 is 0 Å². The first-order valence-electron chi connectivity index (χ1n) is 6.23. The van der Waals surface area contributed by atoms with Crippen LogP contribution in [0.1, 0.15) is 25.3 Å². The lowest BCUT2D eigenvalue weighted by Gasteiger charge is -2.15. The lowest BCUT2D eigenvalue weighted by Crippen LogP contribution is -1.94. The van der Waals surface area contributed by atoms with E-state index in [0.29, 0.717) is 5.92 Å². The highest BCUT2D eigenvalue weighted by Crippen LogP contribution is 2.36. The second-order valence-electron chi connectivity index (χ2n) is 4.81. The van der Waals surface area contributed by atoms with Crippen molar-refractivity contribution in [2.75, 3.05) is 7.11 Å². The van der Waals surface area contributed by atoms with Crippen molar-refractivity contribution in [1.82, 2.24) is 0 Å². The van der Waals surface area contributed by atoms with Crippen LogP contribution in [0.2, 0.25) is 0 Å². The van der Waals surface area contributed by atoms with Crippen molar-refractivity contribution in [3.8, 4) is 28.4 Å². The highest BCUT2D eigenvalue weighted by atomic mass is 16.5. The third kappa shape index (κ3) is 2.65. The van der Waals surface area contributed by atoms with E-state index in [9.17, 15) is 10.2 Å². The lowest BCUT2D eigenvalue weighted by atomic mass is 9.92. The minimum absolute atomic E-state index is 0.113. The molecule has 2 N–H and O–H groups in total. The fourth-order valence-electron chi connectivity index (χ4n) is 2.11. The molecular formula is C16H18O3.